The summed E-state index contributed by atoms with van der Waals surface area (Å²) in [6.07, 6.45) is 0.777. The first-order valence-corrected chi connectivity index (χ1v) is 11.4. The van der Waals surface area contributed by atoms with Gasteiger partial charge >= 0.3 is 0 Å². The van der Waals surface area contributed by atoms with E-state index >= 15 is 0 Å². The maximum absolute atomic E-state index is 13.2. The molecule has 0 saturated carbocycles. The summed E-state index contributed by atoms with van der Waals surface area (Å²) in [4.78, 5) is 14.9. The van der Waals surface area contributed by atoms with Crippen molar-refractivity contribution in [2.75, 3.05) is 16.2 Å². The average molecular weight is 415 g/mol. The lowest BCUT2D eigenvalue weighted by atomic mass is 9.94. The van der Waals surface area contributed by atoms with Crippen molar-refractivity contribution in [2.45, 2.75) is 59.8 Å². The van der Waals surface area contributed by atoms with E-state index in [9.17, 15) is 13.2 Å². The van der Waals surface area contributed by atoms with E-state index in [1.807, 2.05) is 60.6 Å². The molecule has 0 aliphatic carbocycles. The summed E-state index contributed by atoms with van der Waals surface area (Å²) in [7, 11) is -3.76. The standard InChI is InChI=1S/C23H30N2O3S/c1-14-12-15(2)17(4)21(16(14)3)29(27,28)24-19-9-8-18-10-11-25(20(18)13-19)22(26)23(5,6)7/h8-9,12-13,24H,10-11H2,1-7H3. The minimum absolute atomic E-state index is 0.0391. The molecule has 1 N–H and O–H groups in total. The zero-order valence-corrected chi connectivity index (χ0v) is 19.1. The van der Waals surface area contributed by atoms with Gasteiger partial charge in [0.2, 0.25) is 5.91 Å². The Morgan fingerprint density at radius 3 is 2.14 bits per heavy atom. The van der Waals surface area contributed by atoms with Crippen LogP contribution in [0.5, 0.6) is 0 Å². The lowest BCUT2D eigenvalue weighted by Crippen LogP contribution is -2.38. The number of amides is 1. The molecule has 0 bridgehead atoms. The third-order valence-electron chi connectivity index (χ3n) is 5.69. The number of fused-ring (bicyclic) bond motifs is 1. The molecular weight excluding hydrogens is 384 g/mol. The van der Waals surface area contributed by atoms with Crippen LogP contribution in [0.15, 0.2) is 29.2 Å². The van der Waals surface area contributed by atoms with Crippen LogP contribution in [-0.2, 0) is 21.2 Å². The molecule has 1 heterocycles. The summed E-state index contributed by atoms with van der Waals surface area (Å²) in [6.45, 7) is 13.8. The van der Waals surface area contributed by atoms with Gasteiger partial charge in [-0.1, -0.05) is 32.9 Å². The second-order valence-corrected chi connectivity index (χ2v) is 10.6. The molecule has 0 fully saturated rings. The molecule has 156 valence electrons. The van der Waals surface area contributed by atoms with Crippen molar-refractivity contribution in [1.29, 1.82) is 0 Å². The number of aryl methyl sites for hydroxylation is 2. The molecule has 3 rings (SSSR count). The fraction of sp³-hybridized carbons (Fsp3) is 0.435. The Bertz CT molecular complexity index is 1070. The van der Waals surface area contributed by atoms with E-state index in [4.69, 9.17) is 0 Å². The molecule has 0 saturated heterocycles. The monoisotopic (exact) mass is 414 g/mol. The van der Waals surface area contributed by atoms with Crippen molar-refractivity contribution < 1.29 is 13.2 Å². The number of nitrogens with one attached hydrogen (secondary N) is 1. The predicted molar refractivity (Wildman–Crippen MR) is 118 cm³/mol. The van der Waals surface area contributed by atoms with Gasteiger partial charge in [0, 0.05) is 17.6 Å². The number of anilines is 2. The first-order chi connectivity index (χ1) is 13.3. The van der Waals surface area contributed by atoms with Crippen LogP contribution < -0.4 is 9.62 Å². The second-order valence-electron chi connectivity index (χ2n) is 9.00. The summed E-state index contributed by atoms with van der Waals surface area (Å²) in [6, 6.07) is 7.46. The first-order valence-electron chi connectivity index (χ1n) is 9.88. The minimum atomic E-state index is -3.76. The number of carbonyl (C=O) groups is 1. The van der Waals surface area contributed by atoms with Gasteiger partial charge in [0.15, 0.2) is 0 Å². The van der Waals surface area contributed by atoms with Crippen LogP contribution in [0.25, 0.3) is 0 Å². The van der Waals surface area contributed by atoms with Gasteiger partial charge in [-0.15, -0.1) is 0 Å². The number of sulfonamides is 1. The quantitative estimate of drug-likeness (QED) is 0.795. The van der Waals surface area contributed by atoms with Crippen LogP contribution in [0, 0.1) is 33.1 Å². The highest BCUT2D eigenvalue weighted by Crippen LogP contribution is 2.35. The van der Waals surface area contributed by atoms with E-state index in [-0.39, 0.29) is 5.91 Å². The van der Waals surface area contributed by atoms with Gasteiger partial charge < -0.3 is 4.90 Å². The molecule has 0 aromatic heterocycles. The van der Waals surface area contributed by atoms with Gasteiger partial charge in [-0.3, -0.25) is 9.52 Å². The number of rotatable bonds is 3. The highest BCUT2D eigenvalue weighted by Gasteiger charge is 2.33. The maximum atomic E-state index is 13.2. The third-order valence-corrected chi connectivity index (χ3v) is 7.34. The minimum Gasteiger partial charge on any atom is -0.311 e. The summed E-state index contributed by atoms with van der Waals surface area (Å²) in [5, 5.41) is 0. The highest BCUT2D eigenvalue weighted by atomic mass is 32.2. The number of carbonyl (C=O) groups excluding carboxylic acids is 1. The lowest BCUT2D eigenvalue weighted by Gasteiger charge is -2.26. The molecule has 0 spiro atoms. The van der Waals surface area contributed by atoms with E-state index < -0.39 is 15.4 Å². The first kappa shape index (κ1) is 21.4. The Kier molecular flexibility index (Phi) is 5.28. The molecule has 0 radical (unpaired) electrons. The van der Waals surface area contributed by atoms with Crippen LogP contribution in [-0.4, -0.2) is 20.9 Å². The maximum Gasteiger partial charge on any atom is 0.262 e. The van der Waals surface area contributed by atoms with Gasteiger partial charge in [0.1, 0.15) is 0 Å². The van der Waals surface area contributed by atoms with E-state index in [2.05, 4.69) is 4.72 Å². The van der Waals surface area contributed by atoms with Crippen LogP contribution in [0.3, 0.4) is 0 Å². The van der Waals surface area contributed by atoms with Gasteiger partial charge in [0.25, 0.3) is 10.0 Å². The fourth-order valence-corrected chi connectivity index (χ4v) is 5.52. The SMILES string of the molecule is Cc1cc(C)c(C)c(S(=O)(=O)Nc2ccc3c(c2)N(C(=O)C(C)(C)C)CC3)c1C. The molecule has 1 amide bonds. The van der Waals surface area contributed by atoms with Crippen molar-refractivity contribution in [1.82, 2.24) is 0 Å². The zero-order chi connectivity index (χ0) is 21.7. The molecular formula is C23H30N2O3S. The molecule has 1 aliphatic rings. The number of nitrogens with zero attached hydrogens (tertiary/aromatic N) is 1. The van der Waals surface area contributed by atoms with E-state index in [0.717, 1.165) is 39.9 Å². The molecule has 6 heteroatoms. The molecule has 2 aromatic rings. The number of hydrogen-bond acceptors (Lipinski definition) is 3. The highest BCUT2D eigenvalue weighted by molar-refractivity contribution is 7.92. The molecule has 5 nitrogen and oxygen atoms in total. The van der Waals surface area contributed by atoms with Gasteiger partial charge in [-0.05, 0) is 74.1 Å². The summed E-state index contributed by atoms with van der Waals surface area (Å²) >= 11 is 0. The van der Waals surface area contributed by atoms with Gasteiger partial charge in [-0.25, -0.2) is 8.42 Å². The Labute approximate surface area is 174 Å². The number of benzene rings is 2. The summed E-state index contributed by atoms with van der Waals surface area (Å²) in [5.41, 5.74) is 5.23. The Hall–Kier alpha value is -2.34. The molecule has 0 unspecified atom stereocenters. The van der Waals surface area contributed by atoms with E-state index in [0.29, 0.717) is 17.1 Å². The van der Waals surface area contributed by atoms with E-state index in [1.165, 1.54) is 0 Å². The van der Waals surface area contributed by atoms with Crippen LogP contribution >= 0.6 is 0 Å². The molecule has 1 aliphatic heterocycles. The van der Waals surface area contributed by atoms with Crippen molar-refractivity contribution in [3.63, 3.8) is 0 Å². The van der Waals surface area contributed by atoms with Crippen molar-refractivity contribution in [3.8, 4) is 0 Å². The predicted octanol–water partition coefficient (Wildman–Crippen LogP) is 4.66. The van der Waals surface area contributed by atoms with E-state index in [1.54, 1.807) is 17.0 Å². The smallest absolute Gasteiger partial charge is 0.262 e. The Balaban J connectivity index is 2.00. The van der Waals surface area contributed by atoms with Crippen molar-refractivity contribution >= 4 is 27.3 Å². The van der Waals surface area contributed by atoms with Crippen LogP contribution in [0.1, 0.15) is 48.6 Å². The van der Waals surface area contributed by atoms with Gasteiger partial charge in [-0.2, -0.15) is 0 Å². The Morgan fingerprint density at radius 2 is 1.59 bits per heavy atom. The zero-order valence-electron chi connectivity index (χ0n) is 18.3. The van der Waals surface area contributed by atoms with Crippen LogP contribution in [0.2, 0.25) is 0 Å². The van der Waals surface area contributed by atoms with Crippen LogP contribution in [0.4, 0.5) is 11.4 Å². The average Bonchev–Trinajstić information content (AvgIpc) is 3.01. The topological polar surface area (TPSA) is 66.5 Å². The number of hydrogen-bond donors (Lipinski definition) is 1. The summed E-state index contributed by atoms with van der Waals surface area (Å²) < 4.78 is 29.2. The fourth-order valence-electron chi connectivity index (χ4n) is 3.85. The van der Waals surface area contributed by atoms with Crippen molar-refractivity contribution in [2.24, 2.45) is 5.41 Å². The molecule has 0 atom stereocenters. The van der Waals surface area contributed by atoms with Crippen molar-refractivity contribution in [3.05, 3.63) is 52.1 Å². The lowest BCUT2D eigenvalue weighted by molar-refractivity contribution is -0.125. The molecule has 29 heavy (non-hydrogen) atoms. The Morgan fingerprint density at radius 1 is 1.00 bits per heavy atom. The third kappa shape index (κ3) is 3.90. The second kappa shape index (κ2) is 7.17. The largest absolute Gasteiger partial charge is 0.311 e. The molecule has 2 aromatic carbocycles. The van der Waals surface area contributed by atoms with Gasteiger partial charge in [0.05, 0.1) is 10.6 Å². The summed E-state index contributed by atoms with van der Waals surface area (Å²) in [5.74, 6) is 0.0391. The normalized spacial score (nSPS) is 14.1.